The molecule has 98 valence electrons. The Morgan fingerprint density at radius 3 is 2.63 bits per heavy atom. The molecule has 0 aromatic heterocycles. The van der Waals surface area contributed by atoms with Crippen LogP contribution < -0.4 is 0 Å². The summed E-state index contributed by atoms with van der Waals surface area (Å²) in [5.74, 6) is -0.510. The number of Topliss-reactive ketones (excluding diaryl/α,β-unsaturated/α-hetero) is 1. The van der Waals surface area contributed by atoms with E-state index in [1.165, 1.54) is 12.1 Å². The molecule has 0 unspecified atom stereocenters. The molecular weight excluding hydrogens is 331 g/mol. The van der Waals surface area contributed by atoms with Crippen molar-refractivity contribution >= 4 is 33.3 Å². The summed E-state index contributed by atoms with van der Waals surface area (Å²) in [5, 5.41) is 0.0354. The Kier molecular flexibility index (Phi) is 4.38. The Labute approximate surface area is 124 Å². The van der Waals surface area contributed by atoms with Gasteiger partial charge in [0.25, 0.3) is 0 Å². The van der Waals surface area contributed by atoms with Crippen molar-refractivity contribution in [2.75, 3.05) is 0 Å². The first-order chi connectivity index (χ1) is 8.97. The Morgan fingerprint density at radius 1 is 1.26 bits per heavy atom. The summed E-state index contributed by atoms with van der Waals surface area (Å²) in [7, 11) is 0. The van der Waals surface area contributed by atoms with Crippen LogP contribution in [0.4, 0.5) is 4.39 Å². The highest BCUT2D eigenvalue weighted by molar-refractivity contribution is 9.10. The average Bonchev–Trinajstić information content (AvgIpc) is 2.33. The number of hydrogen-bond donors (Lipinski definition) is 0. The molecule has 0 atom stereocenters. The molecule has 0 heterocycles. The number of benzene rings is 2. The summed E-state index contributed by atoms with van der Waals surface area (Å²) in [6.45, 7) is 1.96. The first kappa shape index (κ1) is 14.2. The van der Waals surface area contributed by atoms with Gasteiger partial charge in [0.05, 0.1) is 5.02 Å². The minimum Gasteiger partial charge on any atom is -0.294 e. The number of aryl methyl sites for hydroxylation is 1. The normalized spacial score (nSPS) is 10.5. The Balaban J connectivity index is 2.23. The summed E-state index contributed by atoms with van der Waals surface area (Å²) < 4.78 is 13.8. The highest BCUT2D eigenvalue weighted by atomic mass is 79.9. The second-order valence-electron chi connectivity index (χ2n) is 4.33. The monoisotopic (exact) mass is 340 g/mol. The van der Waals surface area contributed by atoms with E-state index in [0.717, 1.165) is 10.0 Å². The van der Waals surface area contributed by atoms with Gasteiger partial charge >= 0.3 is 0 Å². The minimum atomic E-state index is -0.477. The zero-order valence-corrected chi connectivity index (χ0v) is 12.6. The molecule has 2 aromatic carbocycles. The average molecular weight is 342 g/mol. The maximum absolute atomic E-state index is 13.0. The third-order valence-corrected chi connectivity index (χ3v) is 3.72. The lowest BCUT2D eigenvalue weighted by Crippen LogP contribution is -2.05. The molecule has 0 bridgehead atoms. The number of halogens is 3. The molecular formula is C15H11BrClFO. The van der Waals surface area contributed by atoms with Crippen LogP contribution >= 0.6 is 27.5 Å². The third kappa shape index (κ3) is 3.43. The van der Waals surface area contributed by atoms with Gasteiger partial charge in [-0.3, -0.25) is 4.79 Å². The smallest absolute Gasteiger partial charge is 0.168 e. The Hall–Kier alpha value is -1.19. The van der Waals surface area contributed by atoms with E-state index in [0.29, 0.717) is 11.1 Å². The molecule has 0 fully saturated rings. The largest absolute Gasteiger partial charge is 0.294 e. The van der Waals surface area contributed by atoms with E-state index < -0.39 is 5.82 Å². The fourth-order valence-electron chi connectivity index (χ4n) is 1.78. The molecule has 0 aliphatic rings. The van der Waals surface area contributed by atoms with Gasteiger partial charge in [-0.1, -0.05) is 39.7 Å². The predicted molar refractivity (Wildman–Crippen MR) is 78.3 cm³/mol. The quantitative estimate of drug-likeness (QED) is 0.720. The first-order valence-electron chi connectivity index (χ1n) is 5.70. The molecule has 0 aliphatic heterocycles. The predicted octanol–water partition coefficient (Wildman–Crippen LogP) is 4.98. The maximum atomic E-state index is 13.0. The number of rotatable bonds is 3. The second kappa shape index (κ2) is 5.85. The molecule has 0 aliphatic carbocycles. The number of carbonyl (C=O) groups is 1. The van der Waals surface area contributed by atoms with Crippen LogP contribution in [0.2, 0.25) is 5.02 Å². The van der Waals surface area contributed by atoms with Crippen molar-refractivity contribution in [3.63, 3.8) is 0 Å². The van der Waals surface area contributed by atoms with Crippen LogP contribution in [0.25, 0.3) is 0 Å². The van der Waals surface area contributed by atoms with Crippen LogP contribution in [0.3, 0.4) is 0 Å². The molecule has 1 nitrogen and oxygen atoms in total. The molecule has 0 radical (unpaired) electrons. The van der Waals surface area contributed by atoms with Crippen molar-refractivity contribution in [2.45, 2.75) is 13.3 Å². The minimum absolute atomic E-state index is 0.0328. The van der Waals surface area contributed by atoms with Gasteiger partial charge in [0, 0.05) is 16.5 Å². The lowest BCUT2D eigenvalue weighted by Gasteiger charge is -2.06. The molecule has 2 aromatic rings. The SMILES string of the molecule is Cc1ccc(C(=O)Cc2ccc(F)c(Cl)c2)c(Br)c1. The number of carbonyl (C=O) groups excluding carboxylic acids is 1. The van der Waals surface area contributed by atoms with E-state index in [1.54, 1.807) is 12.1 Å². The van der Waals surface area contributed by atoms with Gasteiger partial charge in [-0.25, -0.2) is 4.39 Å². The molecule has 4 heteroatoms. The summed E-state index contributed by atoms with van der Waals surface area (Å²) >= 11 is 9.08. The van der Waals surface area contributed by atoms with E-state index in [1.807, 2.05) is 19.1 Å². The van der Waals surface area contributed by atoms with Gasteiger partial charge in [0.2, 0.25) is 0 Å². The van der Waals surface area contributed by atoms with E-state index in [2.05, 4.69) is 15.9 Å². The van der Waals surface area contributed by atoms with Gasteiger partial charge in [0.1, 0.15) is 5.82 Å². The van der Waals surface area contributed by atoms with Crippen molar-refractivity contribution in [3.8, 4) is 0 Å². The fraction of sp³-hybridized carbons (Fsp3) is 0.133. The first-order valence-corrected chi connectivity index (χ1v) is 6.88. The Morgan fingerprint density at radius 2 is 2.00 bits per heavy atom. The molecule has 0 amide bonds. The van der Waals surface area contributed by atoms with E-state index >= 15 is 0 Å². The van der Waals surface area contributed by atoms with Crippen molar-refractivity contribution < 1.29 is 9.18 Å². The van der Waals surface area contributed by atoms with Crippen molar-refractivity contribution in [3.05, 3.63) is 68.4 Å². The van der Waals surface area contributed by atoms with E-state index in [9.17, 15) is 9.18 Å². The molecule has 2 rings (SSSR count). The molecule has 0 saturated carbocycles. The molecule has 19 heavy (non-hydrogen) atoms. The highest BCUT2D eigenvalue weighted by Gasteiger charge is 2.12. The summed E-state index contributed by atoms with van der Waals surface area (Å²) in [6, 6.07) is 9.89. The highest BCUT2D eigenvalue weighted by Crippen LogP contribution is 2.22. The summed E-state index contributed by atoms with van der Waals surface area (Å²) in [6.07, 6.45) is 0.196. The van der Waals surface area contributed by atoms with E-state index in [-0.39, 0.29) is 17.2 Å². The lowest BCUT2D eigenvalue weighted by atomic mass is 10.0. The van der Waals surface area contributed by atoms with Gasteiger partial charge in [0.15, 0.2) is 5.78 Å². The van der Waals surface area contributed by atoms with Crippen molar-refractivity contribution in [2.24, 2.45) is 0 Å². The van der Waals surface area contributed by atoms with Crippen LogP contribution in [0, 0.1) is 12.7 Å². The van der Waals surface area contributed by atoms with Crippen LogP contribution in [-0.2, 0) is 6.42 Å². The Bertz CT molecular complexity index is 640. The van der Waals surface area contributed by atoms with Gasteiger partial charge in [-0.05, 0) is 42.3 Å². The summed E-state index contributed by atoms with van der Waals surface area (Å²) in [4.78, 5) is 12.2. The van der Waals surface area contributed by atoms with Gasteiger partial charge < -0.3 is 0 Å². The zero-order valence-electron chi connectivity index (χ0n) is 10.2. The maximum Gasteiger partial charge on any atom is 0.168 e. The van der Waals surface area contributed by atoms with Crippen LogP contribution in [-0.4, -0.2) is 5.78 Å². The number of hydrogen-bond acceptors (Lipinski definition) is 1. The molecule has 0 N–H and O–H groups in total. The second-order valence-corrected chi connectivity index (χ2v) is 5.59. The number of ketones is 1. The van der Waals surface area contributed by atoms with Crippen molar-refractivity contribution in [1.82, 2.24) is 0 Å². The zero-order chi connectivity index (χ0) is 14.0. The molecule has 0 saturated heterocycles. The topological polar surface area (TPSA) is 17.1 Å². The van der Waals surface area contributed by atoms with Gasteiger partial charge in [-0.2, -0.15) is 0 Å². The van der Waals surface area contributed by atoms with Crippen LogP contribution in [0.1, 0.15) is 21.5 Å². The van der Waals surface area contributed by atoms with E-state index in [4.69, 9.17) is 11.6 Å². The van der Waals surface area contributed by atoms with Crippen molar-refractivity contribution in [1.29, 1.82) is 0 Å². The van der Waals surface area contributed by atoms with Gasteiger partial charge in [-0.15, -0.1) is 0 Å². The standard InChI is InChI=1S/C15H11BrClFO/c1-9-2-4-11(12(16)6-9)15(19)8-10-3-5-14(18)13(17)7-10/h2-7H,8H2,1H3. The fourth-order valence-corrected chi connectivity index (χ4v) is 2.69. The van der Waals surface area contributed by atoms with Crippen LogP contribution in [0.5, 0.6) is 0 Å². The lowest BCUT2D eigenvalue weighted by molar-refractivity contribution is 0.0992. The molecule has 0 spiro atoms. The third-order valence-electron chi connectivity index (χ3n) is 2.77. The van der Waals surface area contributed by atoms with Crippen LogP contribution in [0.15, 0.2) is 40.9 Å². The summed E-state index contributed by atoms with van der Waals surface area (Å²) in [5.41, 5.74) is 2.39.